The van der Waals surface area contributed by atoms with Crippen LogP contribution in [-0.2, 0) is 10.0 Å². The average molecular weight is 410 g/mol. The number of para-hydroxylation sites is 1. The van der Waals surface area contributed by atoms with E-state index in [9.17, 15) is 8.42 Å². The number of aryl methyl sites for hydroxylation is 1. The molecule has 0 saturated heterocycles. The Morgan fingerprint density at radius 3 is 2.52 bits per heavy atom. The van der Waals surface area contributed by atoms with E-state index in [0.717, 1.165) is 9.35 Å². The highest BCUT2D eigenvalue weighted by atomic mass is 79.9. The third kappa shape index (κ3) is 3.53. The van der Waals surface area contributed by atoms with Crippen LogP contribution >= 0.6 is 38.9 Å². The fourth-order valence-electron chi connectivity index (χ4n) is 1.81. The topological polar surface area (TPSA) is 49.4 Å². The minimum atomic E-state index is -3.63. The van der Waals surface area contributed by atoms with Crippen molar-refractivity contribution in [2.75, 3.05) is 23.7 Å². The van der Waals surface area contributed by atoms with Crippen LogP contribution in [0, 0.1) is 6.92 Å². The molecule has 0 saturated carbocycles. The zero-order valence-electron chi connectivity index (χ0n) is 11.6. The van der Waals surface area contributed by atoms with Gasteiger partial charge in [-0.25, -0.2) is 8.42 Å². The first-order valence-corrected chi connectivity index (χ1v) is 9.44. The van der Waals surface area contributed by atoms with Crippen molar-refractivity contribution in [2.24, 2.45) is 0 Å². The summed E-state index contributed by atoms with van der Waals surface area (Å²) in [5.41, 5.74) is 1.98. The lowest BCUT2D eigenvalue weighted by atomic mass is 10.2. The molecule has 0 amide bonds. The number of rotatable bonds is 4. The third-order valence-corrected chi connectivity index (χ3v) is 7.06. The number of sulfonamides is 1. The van der Waals surface area contributed by atoms with Gasteiger partial charge in [0.1, 0.15) is 4.21 Å². The summed E-state index contributed by atoms with van der Waals surface area (Å²) in [5, 5.41) is 0.490. The lowest BCUT2D eigenvalue weighted by Crippen LogP contribution is -2.16. The molecule has 0 aliphatic heterocycles. The summed E-state index contributed by atoms with van der Waals surface area (Å²) in [6.07, 6.45) is 0. The Labute approximate surface area is 141 Å². The van der Waals surface area contributed by atoms with Gasteiger partial charge in [0.15, 0.2) is 0 Å². The molecule has 21 heavy (non-hydrogen) atoms. The van der Waals surface area contributed by atoms with Gasteiger partial charge in [-0.1, -0.05) is 17.7 Å². The van der Waals surface area contributed by atoms with Crippen LogP contribution < -0.4 is 9.62 Å². The van der Waals surface area contributed by atoms with Gasteiger partial charge in [-0.05, 0) is 46.6 Å². The summed E-state index contributed by atoms with van der Waals surface area (Å²) in [5.74, 6) is 0. The molecule has 1 aromatic heterocycles. The molecule has 0 atom stereocenters. The maximum absolute atomic E-state index is 12.5. The fraction of sp³-hybridized carbons (Fsp3) is 0.231. The number of nitrogens with zero attached hydrogens (tertiary/aromatic N) is 1. The fourth-order valence-corrected chi connectivity index (χ4v) is 5.45. The van der Waals surface area contributed by atoms with Crippen LogP contribution in [0.15, 0.2) is 32.3 Å². The first-order valence-electron chi connectivity index (χ1n) is 5.97. The highest BCUT2D eigenvalue weighted by Crippen LogP contribution is 2.36. The average Bonchev–Trinajstić information content (AvgIpc) is 2.69. The maximum Gasteiger partial charge on any atom is 0.271 e. The van der Waals surface area contributed by atoms with Crippen LogP contribution in [0.4, 0.5) is 11.4 Å². The number of hydrogen-bond donors (Lipinski definition) is 1. The lowest BCUT2D eigenvalue weighted by molar-refractivity contribution is 0.603. The normalized spacial score (nSPS) is 11.5. The van der Waals surface area contributed by atoms with Gasteiger partial charge in [0.25, 0.3) is 10.0 Å². The monoisotopic (exact) mass is 408 g/mol. The van der Waals surface area contributed by atoms with E-state index in [1.165, 1.54) is 11.3 Å². The number of thiophene rings is 1. The minimum Gasteiger partial charge on any atom is -0.375 e. The van der Waals surface area contributed by atoms with Crippen molar-refractivity contribution < 1.29 is 8.42 Å². The molecule has 0 radical (unpaired) electrons. The molecule has 114 valence electrons. The van der Waals surface area contributed by atoms with E-state index >= 15 is 0 Å². The molecule has 1 N–H and O–H groups in total. The first-order chi connectivity index (χ1) is 9.72. The number of benzene rings is 1. The Morgan fingerprint density at radius 1 is 1.33 bits per heavy atom. The van der Waals surface area contributed by atoms with Crippen LogP contribution in [0.2, 0.25) is 5.02 Å². The zero-order valence-corrected chi connectivity index (χ0v) is 15.6. The Bertz CT molecular complexity index is 753. The molecule has 8 heteroatoms. The zero-order chi connectivity index (χ0) is 15.8. The highest BCUT2D eigenvalue weighted by molar-refractivity contribution is 9.11. The predicted octanol–water partition coefficient (Wildman–Crippen LogP) is 4.34. The summed E-state index contributed by atoms with van der Waals surface area (Å²) in [6.45, 7) is 1.85. The van der Waals surface area contributed by atoms with E-state index in [-0.39, 0.29) is 4.21 Å². The van der Waals surface area contributed by atoms with Crippen LogP contribution in [0.5, 0.6) is 0 Å². The molecule has 2 rings (SSSR count). The van der Waals surface area contributed by atoms with Gasteiger partial charge in [-0.15, -0.1) is 11.3 Å². The van der Waals surface area contributed by atoms with E-state index in [4.69, 9.17) is 11.6 Å². The van der Waals surface area contributed by atoms with Crippen LogP contribution in [0.25, 0.3) is 0 Å². The molecule has 0 spiro atoms. The van der Waals surface area contributed by atoms with E-state index < -0.39 is 10.0 Å². The molecule has 2 aromatic rings. The van der Waals surface area contributed by atoms with Gasteiger partial charge in [-0.2, -0.15) is 0 Å². The summed E-state index contributed by atoms with van der Waals surface area (Å²) in [6, 6.07) is 6.76. The second kappa shape index (κ2) is 6.16. The van der Waals surface area contributed by atoms with Crippen molar-refractivity contribution >= 4 is 60.3 Å². The van der Waals surface area contributed by atoms with Gasteiger partial charge in [0.2, 0.25) is 0 Å². The van der Waals surface area contributed by atoms with Gasteiger partial charge >= 0.3 is 0 Å². The molecule has 0 fully saturated rings. The van der Waals surface area contributed by atoms with E-state index in [0.29, 0.717) is 16.4 Å². The molecule has 0 aliphatic carbocycles. The summed E-state index contributed by atoms with van der Waals surface area (Å²) in [7, 11) is -0.0138. The van der Waals surface area contributed by atoms with Crippen molar-refractivity contribution in [2.45, 2.75) is 11.1 Å². The second-order valence-electron chi connectivity index (χ2n) is 4.66. The largest absolute Gasteiger partial charge is 0.375 e. The van der Waals surface area contributed by atoms with Crippen LogP contribution in [-0.4, -0.2) is 22.5 Å². The standard InChI is InChI=1S/C13H14BrClN2O2S2/c1-8-7-11(20-13(8)14)21(18,19)16-10-6-4-5-9(15)12(10)17(2)3/h4-7,16H,1-3H3. The van der Waals surface area contributed by atoms with Crippen molar-refractivity contribution in [3.8, 4) is 0 Å². The minimum absolute atomic E-state index is 0.261. The number of halogens is 2. The van der Waals surface area contributed by atoms with E-state index in [1.54, 1.807) is 29.2 Å². The molecule has 4 nitrogen and oxygen atoms in total. The maximum atomic E-state index is 12.5. The van der Waals surface area contributed by atoms with Crippen LogP contribution in [0.3, 0.4) is 0 Å². The van der Waals surface area contributed by atoms with E-state index in [1.807, 2.05) is 21.0 Å². The van der Waals surface area contributed by atoms with Crippen LogP contribution in [0.1, 0.15) is 5.56 Å². The van der Waals surface area contributed by atoms with Crippen molar-refractivity contribution in [3.63, 3.8) is 0 Å². The lowest BCUT2D eigenvalue weighted by Gasteiger charge is -2.19. The molecule has 1 aromatic carbocycles. The van der Waals surface area contributed by atoms with E-state index in [2.05, 4.69) is 20.7 Å². The van der Waals surface area contributed by atoms with Gasteiger partial charge in [0, 0.05) is 14.1 Å². The summed E-state index contributed by atoms with van der Waals surface area (Å²) < 4.78 is 28.6. The van der Waals surface area contributed by atoms with Crippen molar-refractivity contribution in [1.82, 2.24) is 0 Å². The van der Waals surface area contributed by atoms with Crippen molar-refractivity contribution in [1.29, 1.82) is 0 Å². The second-order valence-corrected chi connectivity index (χ2v) is 9.34. The Morgan fingerprint density at radius 2 is 2.00 bits per heavy atom. The Kier molecular flexibility index (Phi) is 4.87. The SMILES string of the molecule is Cc1cc(S(=O)(=O)Nc2cccc(Cl)c2N(C)C)sc1Br. The molecule has 0 aliphatic rings. The smallest absolute Gasteiger partial charge is 0.271 e. The van der Waals surface area contributed by atoms with Gasteiger partial charge < -0.3 is 4.90 Å². The number of anilines is 2. The summed E-state index contributed by atoms with van der Waals surface area (Å²) in [4.78, 5) is 1.77. The molecule has 1 heterocycles. The summed E-state index contributed by atoms with van der Waals surface area (Å²) >= 11 is 10.7. The predicted molar refractivity (Wildman–Crippen MR) is 93.3 cm³/mol. The Balaban J connectivity index is 2.44. The van der Waals surface area contributed by atoms with Crippen molar-refractivity contribution in [3.05, 3.63) is 38.6 Å². The first kappa shape index (κ1) is 16.6. The van der Waals surface area contributed by atoms with Gasteiger partial charge in [0.05, 0.1) is 20.2 Å². The molecule has 0 unspecified atom stereocenters. The number of hydrogen-bond acceptors (Lipinski definition) is 4. The third-order valence-electron chi connectivity index (χ3n) is 2.78. The molecular weight excluding hydrogens is 396 g/mol. The number of nitrogens with one attached hydrogen (secondary N) is 1. The van der Waals surface area contributed by atoms with Gasteiger partial charge in [-0.3, -0.25) is 4.72 Å². The highest BCUT2D eigenvalue weighted by Gasteiger charge is 2.21. The molecule has 0 bridgehead atoms. The molecular formula is C13H14BrClN2O2S2. The quantitative estimate of drug-likeness (QED) is 0.817. The Hall–Kier alpha value is -0.760.